The van der Waals surface area contributed by atoms with Gasteiger partial charge in [0.2, 0.25) is 0 Å². The van der Waals surface area contributed by atoms with E-state index in [0.29, 0.717) is 0 Å². The van der Waals surface area contributed by atoms with Crippen molar-refractivity contribution in [1.29, 1.82) is 0 Å². The quantitative estimate of drug-likeness (QED) is 0.171. The molecule has 0 aromatic heterocycles. The van der Waals surface area contributed by atoms with Crippen molar-refractivity contribution in [2.45, 2.75) is 19.1 Å². The summed E-state index contributed by atoms with van der Waals surface area (Å²) in [5, 5.41) is -2.16. The summed E-state index contributed by atoms with van der Waals surface area (Å²) in [7, 11) is 0. The molecular weight excluding hydrogens is 617 g/mol. The molecule has 0 spiro atoms. The lowest BCUT2D eigenvalue weighted by Crippen LogP contribution is -2.32. The second-order valence-corrected chi connectivity index (χ2v) is 10.5. The highest BCUT2D eigenvalue weighted by molar-refractivity contribution is 6.08. The first-order valence-corrected chi connectivity index (χ1v) is 14.6. The summed E-state index contributed by atoms with van der Waals surface area (Å²) in [5.41, 5.74) is -21.4. The van der Waals surface area contributed by atoms with Crippen LogP contribution in [0, 0.1) is 0 Å². The average Bonchev–Trinajstić information content (AvgIpc) is 0.663. The molecule has 51 heavy (non-hydrogen) atoms. The lowest BCUT2D eigenvalue weighted by molar-refractivity contribution is 0.632. The molecule has 0 bridgehead atoms. The van der Waals surface area contributed by atoms with Gasteiger partial charge in [-0.1, -0.05) is 165 Å². The molecule has 0 atom stereocenters. The first-order valence-electron chi connectivity index (χ1n) is 33.6. The first-order chi connectivity index (χ1) is 40.9. The smallest absolute Gasteiger partial charge is 0.0645 e. The van der Waals surface area contributed by atoms with Gasteiger partial charge >= 0.3 is 0 Å². The molecule has 0 saturated carbocycles. The van der Waals surface area contributed by atoms with Crippen molar-refractivity contribution in [3.8, 4) is 22.3 Å². The molecule has 0 aliphatic carbocycles. The normalized spacial score (nSPS) is 24.0. The molecule has 1 aliphatic rings. The third-order valence-corrected chi connectivity index (χ3v) is 7.67. The minimum atomic E-state index is -4.51. The van der Waals surface area contributed by atoms with E-state index in [1.165, 1.54) is 0 Å². The van der Waals surface area contributed by atoms with Gasteiger partial charge in [-0.3, -0.25) is 0 Å². The lowest BCUT2D eigenvalue weighted by Gasteiger charge is -2.45. The Kier molecular flexibility index (Phi) is 2.53. The molecule has 0 radical (unpaired) electrons. The fraction of sp³-hybridized carbons (Fsp3) is 0.0612. The van der Waals surface area contributed by atoms with Crippen molar-refractivity contribution >= 4 is 44.9 Å². The molecule has 8 aromatic rings. The van der Waals surface area contributed by atoms with Crippen LogP contribution in [0.3, 0.4) is 0 Å². The molecule has 2 heteroatoms. The van der Waals surface area contributed by atoms with Crippen LogP contribution in [0.25, 0.3) is 33.0 Å². The van der Waals surface area contributed by atoms with Gasteiger partial charge in [0.25, 0.3) is 0 Å². The van der Waals surface area contributed by atoms with Crippen LogP contribution < -0.4 is 9.80 Å². The molecule has 8 aromatic carbocycles. The van der Waals surface area contributed by atoms with Crippen LogP contribution in [0.2, 0.25) is 0 Å². The predicted octanol–water partition coefficient (Wildman–Crippen LogP) is 13.8. The summed E-state index contributed by atoms with van der Waals surface area (Å²) in [6, 6.07) is -42.6. The van der Waals surface area contributed by atoms with E-state index in [2.05, 4.69) is 0 Å². The first kappa shape index (κ1) is 10.3. The molecule has 1 aliphatic heterocycles. The number of hydrogen-bond acceptors (Lipinski definition) is 2. The Morgan fingerprint density at radius 1 is 0.490 bits per heavy atom. The number of rotatable bonds is 6. The van der Waals surface area contributed by atoms with E-state index in [-0.39, 0.29) is 9.80 Å². The van der Waals surface area contributed by atoms with E-state index in [1.54, 1.807) is 0 Å². The van der Waals surface area contributed by atoms with Crippen LogP contribution in [0.4, 0.5) is 34.1 Å². The Morgan fingerprint density at radius 3 is 1.82 bits per heavy atom. The van der Waals surface area contributed by atoms with Crippen molar-refractivity contribution in [2.75, 3.05) is 9.80 Å². The van der Waals surface area contributed by atoms with Crippen LogP contribution in [-0.4, -0.2) is 0 Å². The van der Waals surface area contributed by atoms with Crippen molar-refractivity contribution in [2.24, 2.45) is 0 Å². The topological polar surface area (TPSA) is 6.48 Å². The van der Waals surface area contributed by atoms with Gasteiger partial charge in [-0.25, -0.2) is 0 Å². The van der Waals surface area contributed by atoms with Gasteiger partial charge in [-0.05, 0) is 69.9 Å². The summed E-state index contributed by atoms with van der Waals surface area (Å²) < 4.78 is 349. The molecule has 2 nitrogen and oxygen atoms in total. The van der Waals surface area contributed by atoms with E-state index < -0.39 is 291 Å². The number of nitrogens with zero attached hydrogens (tertiary/aromatic N) is 2. The van der Waals surface area contributed by atoms with E-state index in [4.69, 9.17) is 21.9 Å². The summed E-state index contributed by atoms with van der Waals surface area (Å²) in [6.07, 6.45) is 0. The van der Waals surface area contributed by atoms with Gasteiger partial charge in [0.1, 0.15) is 0 Å². The van der Waals surface area contributed by atoms with Gasteiger partial charge in [0, 0.05) is 41.5 Å². The molecule has 0 amide bonds. The van der Waals surface area contributed by atoms with Crippen LogP contribution in [-0.2, 0) is 5.41 Å². The molecular formula is C49H38N2. The summed E-state index contributed by atoms with van der Waals surface area (Å²) in [6.45, 7) is -9.03. The Balaban J connectivity index is 1.73. The fourth-order valence-corrected chi connectivity index (χ4v) is 5.56. The Hall–Kier alpha value is -6.38. The van der Waals surface area contributed by atoms with Crippen molar-refractivity contribution < 1.29 is 52.1 Å². The van der Waals surface area contributed by atoms with Crippen molar-refractivity contribution in [3.63, 3.8) is 0 Å². The molecule has 0 unspecified atom stereocenters. The number of benzene rings is 8. The molecule has 244 valence electrons. The molecule has 0 N–H and O–H groups in total. The number of anilines is 6. The maximum absolute atomic E-state index is 9.97. The van der Waals surface area contributed by atoms with Crippen LogP contribution in [0.5, 0.6) is 0 Å². The zero-order valence-electron chi connectivity index (χ0n) is 63.4. The van der Waals surface area contributed by atoms with E-state index in [1.807, 2.05) is 0 Å². The third-order valence-electron chi connectivity index (χ3n) is 7.67. The van der Waals surface area contributed by atoms with E-state index in [0.717, 1.165) is 0 Å². The van der Waals surface area contributed by atoms with Gasteiger partial charge in [-0.15, -0.1) is 0 Å². The second kappa shape index (κ2) is 12.5. The van der Waals surface area contributed by atoms with Gasteiger partial charge in [0.05, 0.1) is 66.6 Å². The molecule has 0 saturated heterocycles. The highest BCUT2D eigenvalue weighted by Crippen LogP contribution is 2.58. The van der Waals surface area contributed by atoms with Gasteiger partial charge in [0.15, 0.2) is 0 Å². The SMILES string of the molecule is [2H]c1c([2H])c([2H])c(-c2c([2H])c([2H])c(N(c3c([2H])c([2H])c([2H])c([2H])c3[2H])c3c([2H])c([2H])c([2H])c4c3C(C([2H])([2H])[2H])(C([2H])([2H])[2H])c3c([2H])c([2H])c([2H])c([2H])c3N4c3c(-c4c([2H])c([2H])c([2H])c([2H])c4[2H])c([2H])c([2H])c4c([2H])c([2H])c([2H])c([2H])c34)c([2H])c2[2H])c([2H])c1[2H]. The zero-order valence-corrected chi connectivity index (χ0v) is 25.4. The van der Waals surface area contributed by atoms with Gasteiger partial charge < -0.3 is 9.80 Å². The Bertz CT molecular complexity index is 4430. The largest absolute Gasteiger partial charge is 0.310 e. The zero-order chi connectivity index (χ0) is 67.2. The van der Waals surface area contributed by atoms with Crippen molar-refractivity contribution in [3.05, 3.63) is 204 Å². The number of hydrogen-bond donors (Lipinski definition) is 0. The third kappa shape index (κ3) is 5.19. The summed E-state index contributed by atoms with van der Waals surface area (Å²) in [5.74, 6) is 0. The minimum absolute atomic E-state index is 0.00410. The predicted molar refractivity (Wildman–Crippen MR) is 216 cm³/mol. The fourth-order valence-electron chi connectivity index (χ4n) is 5.56. The standard InChI is InChI=1S/C49H38N2/c1-49(2)43-25-14-15-26-44(43)51(48-41-24-13-12-21-38(41)31-34-42(48)37-19-8-4-9-20-37)46-28-16-27-45(47(46)49)50(39-22-10-5-11-23-39)40-32-29-36(30-33-40)35-17-6-3-7-18-35/h3-34H,1-2H3/i1D3,2D3,3D,4D,5D,6D,7D,8D,9D,10D,11D,12D,13D,14D,15D,16D,17D,18D,19D,20D,21D,22D,23D,24D,25D,26D,27D,28D,29D,30D,31D,32D,33D,34D. The monoisotopic (exact) mass is 693 g/mol. The molecule has 9 rings (SSSR count). The Labute approximate surface area is 353 Å². The lowest BCUT2D eigenvalue weighted by atomic mass is 9.72. The number of fused-ring (bicyclic) bond motifs is 3. The van der Waals surface area contributed by atoms with E-state index >= 15 is 0 Å². The molecule has 0 fully saturated rings. The average molecular weight is 693 g/mol. The van der Waals surface area contributed by atoms with Gasteiger partial charge in [-0.2, -0.15) is 0 Å². The minimum Gasteiger partial charge on any atom is -0.310 e. The summed E-state index contributed by atoms with van der Waals surface area (Å²) in [4.78, 5) is 0.213. The van der Waals surface area contributed by atoms with Crippen LogP contribution >= 0.6 is 0 Å². The maximum Gasteiger partial charge on any atom is 0.0645 e. The van der Waals surface area contributed by atoms with Crippen molar-refractivity contribution in [1.82, 2.24) is 0 Å². The summed E-state index contributed by atoms with van der Waals surface area (Å²) >= 11 is 0. The highest BCUT2D eigenvalue weighted by atomic mass is 15.2. The van der Waals surface area contributed by atoms with E-state index in [9.17, 15) is 30.2 Å². The van der Waals surface area contributed by atoms with Crippen LogP contribution in [0.1, 0.15) is 76.9 Å². The molecule has 1 heterocycles. The Morgan fingerprint density at radius 2 is 1.08 bits per heavy atom. The van der Waals surface area contributed by atoms with Crippen LogP contribution in [0.15, 0.2) is 193 Å². The number of para-hydroxylation sites is 2. The second-order valence-electron chi connectivity index (χ2n) is 10.5. The highest BCUT2D eigenvalue weighted by Gasteiger charge is 2.40. The maximum atomic E-state index is 9.97.